The van der Waals surface area contributed by atoms with E-state index < -0.39 is 17.5 Å². The second-order valence-electron chi connectivity index (χ2n) is 11.9. The van der Waals surface area contributed by atoms with Crippen LogP contribution in [0.4, 0.5) is 11.4 Å². The maximum absolute atomic E-state index is 12.2. The van der Waals surface area contributed by atoms with Gasteiger partial charge in [0.15, 0.2) is 0 Å². The molecule has 1 saturated carbocycles. The van der Waals surface area contributed by atoms with Crippen molar-refractivity contribution < 1.29 is 4.79 Å². The molecule has 1 atom stereocenters. The van der Waals surface area contributed by atoms with Crippen molar-refractivity contribution >= 4 is 50.7 Å². The number of primary amides is 1. The second kappa shape index (κ2) is 10.3. The Bertz CT molecular complexity index is 1880. The van der Waals surface area contributed by atoms with Crippen LogP contribution in [-0.4, -0.2) is 37.4 Å². The van der Waals surface area contributed by atoms with Gasteiger partial charge in [-0.05, 0) is 48.1 Å². The molecular weight excluding hydrogens is 550 g/mol. The van der Waals surface area contributed by atoms with Crippen molar-refractivity contribution in [3.05, 3.63) is 82.9 Å². The van der Waals surface area contributed by atoms with E-state index in [1.54, 1.807) is 23.3 Å². The van der Waals surface area contributed by atoms with Crippen LogP contribution in [0, 0.1) is 16.7 Å². The Labute approximate surface area is 247 Å². The third-order valence-electron chi connectivity index (χ3n) is 7.57. The van der Waals surface area contributed by atoms with E-state index in [0.29, 0.717) is 52.6 Å². The van der Waals surface area contributed by atoms with Gasteiger partial charge in [0.2, 0.25) is 5.91 Å². The lowest BCUT2D eigenvalue weighted by Crippen LogP contribution is -2.34. The maximum atomic E-state index is 12.2. The van der Waals surface area contributed by atoms with E-state index in [2.05, 4.69) is 57.8 Å². The molecule has 212 valence electrons. The first-order valence-corrected chi connectivity index (χ1v) is 14.1. The summed E-state index contributed by atoms with van der Waals surface area (Å²) in [6, 6.07) is 15.3. The highest BCUT2D eigenvalue weighted by molar-refractivity contribution is 6.35. The van der Waals surface area contributed by atoms with Gasteiger partial charge in [-0.15, -0.1) is 5.10 Å². The van der Waals surface area contributed by atoms with Gasteiger partial charge in [0, 0.05) is 35.4 Å². The van der Waals surface area contributed by atoms with E-state index in [4.69, 9.17) is 17.3 Å². The Morgan fingerprint density at radius 3 is 2.71 bits per heavy atom. The topological polar surface area (TPSA) is 147 Å². The van der Waals surface area contributed by atoms with Gasteiger partial charge in [-0.2, -0.15) is 5.26 Å². The van der Waals surface area contributed by atoms with E-state index in [1.807, 2.05) is 42.5 Å². The van der Waals surface area contributed by atoms with Crippen molar-refractivity contribution in [1.82, 2.24) is 25.0 Å². The van der Waals surface area contributed by atoms with Crippen molar-refractivity contribution in [3.63, 3.8) is 0 Å². The Hall–Kier alpha value is -4.75. The third kappa shape index (κ3) is 4.97. The van der Waals surface area contributed by atoms with Crippen molar-refractivity contribution in [2.75, 3.05) is 17.2 Å². The molecule has 3 aromatic heterocycles. The number of amides is 1. The molecule has 0 aliphatic heterocycles. The van der Waals surface area contributed by atoms with Gasteiger partial charge in [0.05, 0.1) is 39.5 Å². The highest BCUT2D eigenvalue weighted by Crippen LogP contribution is 2.43. The van der Waals surface area contributed by atoms with Crippen LogP contribution in [-0.2, 0) is 10.3 Å². The van der Waals surface area contributed by atoms with Crippen molar-refractivity contribution in [1.29, 1.82) is 5.26 Å². The summed E-state index contributed by atoms with van der Waals surface area (Å²) in [4.78, 5) is 21.2. The average molecular weight is 580 g/mol. The van der Waals surface area contributed by atoms with E-state index in [1.165, 1.54) is 0 Å². The summed E-state index contributed by atoms with van der Waals surface area (Å²) in [5, 5.41) is 27.8. The van der Waals surface area contributed by atoms with Gasteiger partial charge < -0.3 is 16.4 Å². The van der Waals surface area contributed by atoms with Crippen molar-refractivity contribution in [3.8, 4) is 6.07 Å². The summed E-state index contributed by atoms with van der Waals surface area (Å²) in [5.74, 6) is -0.421. The molecule has 11 heteroatoms. The number of benzene rings is 2. The molecular formula is C31H30ClN9O. The number of anilines is 2. The van der Waals surface area contributed by atoms with Gasteiger partial charge in [0.1, 0.15) is 17.3 Å². The number of carbonyl (C=O) groups excluding carboxylic acids is 1. The minimum Gasteiger partial charge on any atom is -0.383 e. The SMILES string of the molecule is CC(C)(C)CNc1c(C#N)cnc2c(Cl)cc(NC(c3cn(C4(C(N)=O)CC4)nn3)c3cccc4ncccc34)cc12. The summed E-state index contributed by atoms with van der Waals surface area (Å²) in [6.07, 6.45) is 6.33. The number of nitriles is 1. The summed E-state index contributed by atoms with van der Waals surface area (Å²) < 4.78 is 1.58. The Morgan fingerprint density at radius 1 is 1.19 bits per heavy atom. The van der Waals surface area contributed by atoms with Crippen LogP contribution in [0.15, 0.2) is 61.1 Å². The zero-order valence-electron chi connectivity index (χ0n) is 23.5. The molecule has 0 radical (unpaired) electrons. The van der Waals surface area contributed by atoms with Crippen LogP contribution < -0.4 is 16.4 Å². The van der Waals surface area contributed by atoms with Crippen LogP contribution in [0.5, 0.6) is 0 Å². The molecule has 0 spiro atoms. The van der Waals surface area contributed by atoms with Crippen LogP contribution in [0.1, 0.15) is 56.5 Å². The number of aromatic nitrogens is 5. The standard InChI is InChI=1S/C31H30ClN9O/c1-30(2,3)17-37-26-18(14-33)15-36-27-22(26)12-19(13-23(27)32)38-28(21-6-4-8-24-20(21)7-5-11-35-24)25-16-41(40-39-25)31(9-10-31)29(34)42/h4-8,11-13,15-16,28,38H,9-10,17H2,1-3H3,(H2,34,42)(H,36,37). The lowest BCUT2D eigenvalue weighted by atomic mass is 9.96. The number of hydrogen-bond donors (Lipinski definition) is 3. The van der Waals surface area contributed by atoms with Gasteiger partial charge in [0.25, 0.3) is 0 Å². The van der Waals surface area contributed by atoms with E-state index in [0.717, 1.165) is 21.9 Å². The predicted molar refractivity (Wildman–Crippen MR) is 163 cm³/mol. The van der Waals surface area contributed by atoms with Crippen LogP contribution in [0.3, 0.4) is 0 Å². The second-order valence-corrected chi connectivity index (χ2v) is 12.3. The lowest BCUT2D eigenvalue weighted by Gasteiger charge is -2.23. The number of nitrogens with one attached hydrogen (secondary N) is 2. The van der Waals surface area contributed by atoms with Crippen LogP contribution in [0.2, 0.25) is 5.02 Å². The molecule has 1 amide bonds. The van der Waals surface area contributed by atoms with Gasteiger partial charge in [-0.25, -0.2) is 4.68 Å². The zero-order valence-corrected chi connectivity index (χ0v) is 24.3. The van der Waals surface area contributed by atoms with Crippen LogP contribution >= 0.6 is 11.6 Å². The molecule has 1 fully saturated rings. The molecule has 1 unspecified atom stereocenters. The van der Waals surface area contributed by atoms with Gasteiger partial charge in [-0.3, -0.25) is 14.8 Å². The summed E-state index contributed by atoms with van der Waals surface area (Å²) in [7, 11) is 0. The number of nitrogens with two attached hydrogens (primary N) is 1. The predicted octanol–water partition coefficient (Wildman–Crippen LogP) is 5.53. The smallest absolute Gasteiger partial charge is 0.245 e. The van der Waals surface area contributed by atoms with E-state index in [9.17, 15) is 10.1 Å². The summed E-state index contributed by atoms with van der Waals surface area (Å²) in [6.45, 7) is 7.01. The molecule has 42 heavy (non-hydrogen) atoms. The fourth-order valence-electron chi connectivity index (χ4n) is 5.15. The number of fused-ring (bicyclic) bond motifs is 2. The number of hydrogen-bond acceptors (Lipinski definition) is 8. The fraction of sp³-hybridized carbons (Fsp3) is 0.290. The largest absolute Gasteiger partial charge is 0.383 e. The number of pyridine rings is 2. The molecule has 0 bridgehead atoms. The Morgan fingerprint density at radius 2 is 2.00 bits per heavy atom. The first kappa shape index (κ1) is 27.4. The lowest BCUT2D eigenvalue weighted by molar-refractivity contribution is -0.122. The zero-order chi connectivity index (χ0) is 29.6. The van der Waals surface area contributed by atoms with Crippen molar-refractivity contribution in [2.24, 2.45) is 11.1 Å². The Balaban J connectivity index is 1.49. The quantitative estimate of drug-likeness (QED) is 0.217. The minimum atomic E-state index is -0.838. The van der Waals surface area contributed by atoms with Crippen LogP contribution in [0.25, 0.3) is 21.8 Å². The van der Waals surface area contributed by atoms with Gasteiger partial charge in [-0.1, -0.05) is 55.8 Å². The monoisotopic (exact) mass is 579 g/mol. The number of rotatable bonds is 8. The first-order valence-electron chi connectivity index (χ1n) is 13.7. The van der Waals surface area contributed by atoms with E-state index >= 15 is 0 Å². The summed E-state index contributed by atoms with van der Waals surface area (Å²) >= 11 is 6.79. The maximum Gasteiger partial charge on any atom is 0.245 e. The fourth-order valence-corrected chi connectivity index (χ4v) is 5.42. The molecule has 1 aliphatic carbocycles. The molecule has 5 aromatic rings. The van der Waals surface area contributed by atoms with Gasteiger partial charge >= 0.3 is 0 Å². The number of nitrogens with zero attached hydrogens (tertiary/aromatic N) is 6. The number of halogens is 1. The normalized spacial score (nSPS) is 14.8. The molecule has 0 saturated heterocycles. The highest BCUT2D eigenvalue weighted by Gasteiger charge is 2.52. The average Bonchev–Trinajstić information content (AvgIpc) is 3.64. The molecule has 10 nitrogen and oxygen atoms in total. The Kier molecular flexibility index (Phi) is 6.70. The molecule has 1 aliphatic rings. The summed E-state index contributed by atoms with van der Waals surface area (Å²) in [5.41, 5.74) is 9.60. The van der Waals surface area contributed by atoms with Crippen molar-refractivity contribution in [2.45, 2.75) is 45.2 Å². The third-order valence-corrected chi connectivity index (χ3v) is 7.86. The first-order chi connectivity index (χ1) is 20.1. The molecule has 4 N–H and O–H groups in total. The molecule has 6 rings (SSSR count). The minimum absolute atomic E-state index is 0.0227. The molecule has 2 aromatic carbocycles. The number of carbonyl (C=O) groups is 1. The molecule has 3 heterocycles. The highest BCUT2D eigenvalue weighted by atomic mass is 35.5. The van der Waals surface area contributed by atoms with E-state index in [-0.39, 0.29) is 5.41 Å².